The minimum atomic E-state index is 0.606. The van der Waals surface area contributed by atoms with Crippen LogP contribution in [0.2, 0.25) is 0 Å². The lowest BCUT2D eigenvalue weighted by Gasteiger charge is -2.09. The van der Waals surface area contributed by atoms with Gasteiger partial charge in [-0.25, -0.2) is 0 Å². The van der Waals surface area contributed by atoms with E-state index in [1.807, 2.05) is 42.8 Å². The smallest absolute Gasteiger partial charge is 0.182 e. The van der Waals surface area contributed by atoms with E-state index in [1.165, 1.54) is 0 Å². The molecule has 23 heavy (non-hydrogen) atoms. The number of methoxy groups -OCH3 is 1. The molecule has 6 nitrogen and oxygen atoms in total. The zero-order valence-electron chi connectivity index (χ0n) is 13.5. The minimum absolute atomic E-state index is 0.606. The Labute approximate surface area is 135 Å². The van der Waals surface area contributed by atoms with Gasteiger partial charge in [0.1, 0.15) is 11.5 Å². The van der Waals surface area contributed by atoms with Gasteiger partial charge in [-0.15, -0.1) is 10.2 Å². The summed E-state index contributed by atoms with van der Waals surface area (Å²) < 4.78 is 7.18. The van der Waals surface area contributed by atoms with E-state index in [9.17, 15) is 0 Å². The molecule has 0 unspecified atom stereocenters. The minimum Gasteiger partial charge on any atom is -0.383 e. The molecule has 0 amide bonds. The van der Waals surface area contributed by atoms with E-state index in [0.717, 1.165) is 34.2 Å². The molecule has 0 saturated heterocycles. The lowest BCUT2D eigenvalue weighted by Crippen LogP contribution is -2.08. The Balaban J connectivity index is 2.00. The standard InChI is InChI=1S/C17H19N5O/c1-12-10-14(4-6-18-12)15-5-7-19-16(11-15)17-21-20-13(2)22(17)8-9-23-3/h4-7,10-11H,8-9H2,1-3H3. The molecule has 0 aliphatic carbocycles. The van der Waals surface area contributed by atoms with E-state index in [2.05, 4.69) is 26.2 Å². The summed E-state index contributed by atoms with van der Waals surface area (Å²) in [5.41, 5.74) is 3.98. The van der Waals surface area contributed by atoms with E-state index < -0.39 is 0 Å². The van der Waals surface area contributed by atoms with E-state index in [1.54, 1.807) is 13.3 Å². The Morgan fingerprint density at radius 1 is 1.00 bits per heavy atom. The average Bonchev–Trinajstić information content (AvgIpc) is 2.94. The van der Waals surface area contributed by atoms with Crippen LogP contribution in [0, 0.1) is 13.8 Å². The predicted molar refractivity (Wildman–Crippen MR) is 87.8 cm³/mol. The topological polar surface area (TPSA) is 65.7 Å². The highest BCUT2D eigenvalue weighted by molar-refractivity contribution is 5.68. The molecule has 6 heteroatoms. The van der Waals surface area contributed by atoms with Crippen molar-refractivity contribution in [3.63, 3.8) is 0 Å². The van der Waals surface area contributed by atoms with E-state index in [4.69, 9.17) is 4.74 Å². The van der Waals surface area contributed by atoms with Crippen molar-refractivity contribution in [2.24, 2.45) is 0 Å². The molecule has 3 rings (SSSR count). The molecule has 0 aliphatic rings. The Kier molecular flexibility index (Phi) is 4.43. The Morgan fingerprint density at radius 2 is 1.74 bits per heavy atom. The van der Waals surface area contributed by atoms with Crippen molar-refractivity contribution < 1.29 is 4.74 Å². The maximum absolute atomic E-state index is 5.16. The number of hydrogen-bond acceptors (Lipinski definition) is 5. The first-order valence-electron chi connectivity index (χ1n) is 7.47. The highest BCUT2D eigenvalue weighted by atomic mass is 16.5. The Hall–Kier alpha value is -2.60. The number of aromatic nitrogens is 5. The number of hydrogen-bond donors (Lipinski definition) is 0. The lowest BCUT2D eigenvalue weighted by molar-refractivity contribution is 0.187. The summed E-state index contributed by atoms with van der Waals surface area (Å²) in [5.74, 6) is 1.61. The van der Waals surface area contributed by atoms with Crippen molar-refractivity contribution in [2.75, 3.05) is 13.7 Å². The molecule has 0 N–H and O–H groups in total. The van der Waals surface area contributed by atoms with Gasteiger partial charge in [-0.2, -0.15) is 0 Å². The molecule has 3 heterocycles. The summed E-state index contributed by atoms with van der Waals surface area (Å²) >= 11 is 0. The monoisotopic (exact) mass is 309 g/mol. The molecule has 3 aromatic heterocycles. The summed E-state index contributed by atoms with van der Waals surface area (Å²) in [6, 6.07) is 8.07. The third kappa shape index (κ3) is 3.27. The molecule has 0 saturated carbocycles. The second kappa shape index (κ2) is 6.66. The van der Waals surface area contributed by atoms with Crippen LogP contribution >= 0.6 is 0 Å². The van der Waals surface area contributed by atoms with Crippen molar-refractivity contribution in [1.82, 2.24) is 24.7 Å². The molecule has 118 valence electrons. The first-order chi connectivity index (χ1) is 11.2. The van der Waals surface area contributed by atoms with Gasteiger partial charge < -0.3 is 9.30 Å². The normalized spacial score (nSPS) is 10.9. The lowest BCUT2D eigenvalue weighted by atomic mass is 10.1. The van der Waals surface area contributed by atoms with Crippen molar-refractivity contribution in [2.45, 2.75) is 20.4 Å². The quantitative estimate of drug-likeness (QED) is 0.725. The van der Waals surface area contributed by atoms with Crippen LogP contribution in [-0.4, -0.2) is 38.4 Å². The van der Waals surface area contributed by atoms with Crippen LogP contribution in [0.1, 0.15) is 11.5 Å². The van der Waals surface area contributed by atoms with Gasteiger partial charge in [0.25, 0.3) is 0 Å². The van der Waals surface area contributed by atoms with Crippen LogP contribution in [-0.2, 0) is 11.3 Å². The maximum atomic E-state index is 5.16. The summed E-state index contributed by atoms with van der Waals surface area (Å²) in [6.45, 7) is 5.22. The van der Waals surface area contributed by atoms with Gasteiger partial charge in [-0.05, 0) is 49.2 Å². The van der Waals surface area contributed by atoms with Crippen LogP contribution in [0.25, 0.3) is 22.6 Å². The average molecular weight is 309 g/mol. The van der Waals surface area contributed by atoms with Crippen molar-refractivity contribution in [3.8, 4) is 22.6 Å². The zero-order valence-corrected chi connectivity index (χ0v) is 13.5. The third-order valence-electron chi connectivity index (χ3n) is 3.67. The largest absolute Gasteiger partial charge is 0.383 e. The Bertz CT molecular complexity index is 812. The maximum Gasteiger partial charge on any atom is 0.182 e. The van der Waals surface area contributed by atoms with E-state index >= 15 is 0 Å². The van der Waals surface area contributed by atoms with Gasteiger partial charge in [0.2, 0.25) is 0 Å². The summed E-state index contributed by atoms with van der Waals surface area (Å²) in [6.07, 6.45) is 3.61. The molecule has 0 bridgehead atoms. The second-order valence-corrected chi connectivity index (χ2v) is 5.33. The van der Waals surface area contributed by atoms with Gasteiger partial charge in [0.15, 0.2) is 5.82 Å². The van der Waals surface area contributed by atoms with Crippen molar-refractivity contribution >= 4 is 0 Å². The Morgan fingerprint density at radius 3 is 2.48 bits per heavy atom. The number of nitrogens with zero attached hydrogens (tertiary/aromatic N) is 5. The summed E-state index contributed by atoms with van der Waals surface area (Å²) in [4.78, 5) is 8.70. The van der Waals surface area contributed by atoms with E-state index in [-0.39, 0.29) is 0 Å². The predicted octanol–water partition coefficient (Wildman–Crippen LogP) is 2.67. The molecule has 0 aromatic carbocycles. The van der Waals surface area contributed by atoms with Gasteiger partial charge in [-0.1, -0.05) is 0 Å². The van der Waals surface area contributed by atoms with Crippen molar-refractivity contribution in [3.05, 3.63) is 48.2 Å². The first-order valence-corrected chi connectivity index (χ1v) is 7.47. The molecule has 3 aromatic rings. The fourth-order valence-electron chi connectivity index (χ4n) is 2.48. The first kappa shape index (κ1) is 15.3. The molecular formula is C17H19N5O. The highest BCUT2D eigenvalue weighted by Crippen LogP contribution is 2.24. The van der Waals surface area contributed by atoms with Crippen LogP contribution in [0.15, 0.2) is 36.7 Å². The fraction of sp³-hybridized carbons (Fsp3) is 0.294. The van der Waals surface area contributed by atoms with Gasteiger partial charge in [0, 0.05) is 31.7 Å². The fourth-order valence-corrected chi connectivity index (χ4v) is 2.48. The molecular weight excluding hydrogens is 290 g/mol. The van der Waals surface area contributed by atoms with Crippen LogP contribution in [0.5, 0.6) is 0 Å². The van der Waals surface area contributed by atoms with Crippen LogP contribution < -0.4 is 0 Å². The number of aryl methyl sites for hydroxylation is 2. The van der Waals surface area contributed by atoms with Crippen molar-refractivity contribution in [1.29, 1.82) is 0 Å². The number of pyridine rings is 2. The summed E-state index contributed by atoms with van der Waals surface area (Å²) in [5, 5.41) is 8.44. The van der Waals surface area contributed by atoms with Gasteiger partial charge in [-0.3, -0.25) is 9.97 Å². The summed E-state index contributed by atoms with van der Waals surface area (Å²) in [7, 11) is 1.68. The number of rotatable bonds is 5. The number of ether oxygens (including phenoxy) is 1. The molecule has 0 spiro atoms. The molecule has 0 aliphatic heterocycles. The molecule has 0 atom stereocenters. The van der Waals surface area contributed by atoms with Crippen LogP contribution in [0.4, 0.5) is 0 Å². The second-order valence-electron chi connectivity index (χ2n) is 5.33. The van der Waals surface area contributed by atoms with Crippen LogP contribution in [0.3, 0.4) is 0 Å². The third-order valence-corrected chi connectivity index (χ3v) is 3.67. The molecule has 0 fully saturated rings. The highest BCUT2D eigenvalue weighted by Gasteiger charge is 2.13. The van der Waals surface area contributed by atoms with Gasteiger partial charge in [0.05, 0.1) is 6.61 Å². The van der Waals surface area contributed by atoms with Gasteiger partial charge >= 0.3 is 0 Å². The van der Waals surface area contributed by atoms with E-state index in [0.29, 0.717) is 13.2 Å². The SMILES string of the molecule is COCCn1c(C)nnc1-c1cc(-c2ccnc(C)c2)ccn1. The molecule has 0 radical (unpaired) electrons. The zero-order chi connectivity index (χ0) is 16.2.